The first-order chi connectivity index (χ1) is 8.88. The van der Waals surface area contributed by atoms with E-state index >= 15 is 0 Å². The molecule has 5 nitrogen and oxygen atoms in total. The van der Waals surface area contributed by atoms with Crippen LogP contribution in [0.1, 0.15) is 52.9 Å². The third-order valence-corrected chi connectivity index (χ3v) is 3.14. The van der Waals surface area contributed by atoms with Crippen LogP contribution in [-0.2, 0) is 0 Å². The molecule has 1 aromatic heterocycles. The van der Waals surface area contributed by atoms with Crippen LogP contribution < -0.4 is 10.6 Å². The summed E-state index contributed by atoms with van der Waals surface area (Å²) in [5.74, 6) is -0.191. The normalized spacial score (nSPS) is 11.7. The zero-order valence-electron chi connectivity index (χ0n) is 12.7. The van der Waals surface area contributed by atoms with Gasteiger partial charge in [0.1, 0.15) is 5.69 Å². The van der Waals surface area contributed by atoms with E-state index < -0.39 is 0 Å². The van der Waals surface area contributed by atoms with Crippen molar-refractivity contribution >= 4 is 24.1 Å². The van der Waals surface area contributed by atoms with Crippen molar-refractivity contribution in [3.63, 3.8) is 0 Å². The summed E-state index contributed by atoms with van der Waals surface area (Å²) >= 11 is 0. The number of carbonyl (C=O) groups excluding carboxylic acids is 2. The smallest absolute Gasteiger partial charge is 0.268 e. The van der Waals surface area contributed by atoms with Crippen LogP contribution in [0, 0.1) is 13.8 Å². The molecule has 0 aliphatic rings. The van der Waals surface area contributed by atoms with Crippen LogP contribution in [0.25, 0.3) is 0 Å². The van der Waals surface area contributed by atoms with Gasteiger partial charge >= 0.3 is 0 Å². The molecule has 1 rings (SSSR count). The fraction of sp³-hybridized carbons (Fsp3) is 0.571. The molecule has 1 aromatic rings. The number of aryl methyl sites for hydroxylation is 1. The molecule has 0 bridgehead atoms. The average Bonchev–Trinajstić information content (AvgIpc) is 2.62. The van der Waals surface area contributed by atoms with Crippen LogP contribution >= 0.6 is 12.4 Å². The number of nitrogens with one attached hydrogen (secondary N) is 3. The van der Waals surface area contributed by atoms with Crippen molar-refractivity contribution in [3.8, 4) is 0 Å². The predicted molar refractivity (Wildman–Crippen MR) is 83.0 cm³/mol. The van der Waals surface area contributed by atoms with Crippen molar-refractivity contribution in [2.24, 2.45) is 0 Å². The van der Waals surface area contributed by atoms with Gasteiger partial charge in [-0.15, -0.1) is 12.4 Å². The molecule has 0 spiro atoms. The average molecular weight is 302 g/mol. The van der Waals surface area contributed by atoms with E-state index in [-0.39, 0.29) is 30.1 Å². The summed E-state index contributed by atoms with van der Waals surface area (Å²) in [6, 6.07) is 0.220. The Morgan fingerprint density at radius 2 is 1.90 bits per heavy atom. The number of amides is 1. The first-order valence-electron chi connectivity index (χ1n) is 6.60. The molecule has 0 aromatic carbocycles. The van der Waals surface area contributed by atoms with E-state index in [1.54, 1.807) is 6.92 Å². The van der Waals surface area contributed by atoms with Crippen molar-refractivity contribution in [3.05, 3.63) is 22.5 Å². The van der Waals surface area contributed by atoms with Crippen molar-refractivity contribution in [1.29, 1.82) is 0 Å². The number of rotatable bonds is 6. The number of Topliss-reactive ketones (excluding diaryl/α,β-unsaturated/α-hetero) is 1. The number of halogens is 1. The van der Waals surface area contributed by atoms with Gasteiger partial charge in [-0.2, -0.15) is 0 Å². The van der Waals surface area contributed by atoms with Crippen molar-refractivity contribution in [2.75, 3.05) is 13.1 Å². The van der Waals surface area contributed by atoms with Crippen LogP contribution in [0.2, 0.25) is 0 Å². The maximum atomic E-state index is 12.1. The Morgan fingerprint density at radius 1 is 1.30 bits per heavy atom. The number of likely N-dealkylation sites (N-methyl/N-ethyl adjacent to an activating group) is 1. The van der Waals surface area contributed by atoms with E-state index in [1.165, 1.54) is 6.92 Å². The van der Waals surface area contributed by atoms with Crippen molar-refractivity contribution in [2.45, 2.75) is 40.7 Å². The van der Waals surface area contributed by atoms with Crippen molar-refractivity contribution in [1.82, 2.24) is 15.6 Å². The molecule has 0 unspecified atom stereocenters. The zero-order valence-corrected chi connectivity index (χ0v) is 13.5. The second-order valence-corrected chi connectivity index (χ2v) is 4.85. The van der Waals surface area contributed by atoms with Gasteiger partial charge in [0.25, 0.3) is 5.91 Å². The van der Waals surface area contributed by atoms with Crippen LogP contribution in [0.15, 0.2) is 0 Å². The molecule has 0 fully saturated rings. The number of aromatic amines is 1. The van der Waals surface area contributed by atoms with Crippen LogP contribution in [0.5, 0.6) is 0 Å². The van der Waals surface area contributed by atoms with E-state index in [9.17, 15) is 9.59 Å². The second-order valence-electron chi connectivity index (χ2n) is 4.85. The lowest BCUT2D eigenvalue weighted by Gasteiger charge is -2.13. The Balaban J connectivity index is 0.00000361. The van der Waals surface area contributed by atoms with Gasteiger partial charge in [0, 0.05) is 23.8 Å². The minimum atomic E-state index is -0.169. The number of carbonyl (C=O) groups is 2. The molecular weight excluding hydrogens is 278 g/mol. The van der Waals surface area contributed by atoms with E-state index in [1.807, 2.05) is 20.8 Å². The topological polar surface area (TPSA) is 74.0 Å². The van der Waals surface area contributed by atoms with E-state index in [0.29, 0.717) is 17.8 Å². The zero-order chi connectivity index (χ0) is 14.6. The molecule has 0 aliphatic heterocycles. The molecule has 0 aliphatic carbocycles. The molecule has 1 amide bonds. The van der Waals surface area contributed by atoms with Gasteiger partial charge in [0.2, 0.25) is 0 Å². The highest BCUT2D eigenvalue weighted by Gasteiger charge is 2.19. The van der Waals surface area contributed by atoms with Crippen LogP contribution in [0.4, 0.5) is 0 Å². The Hall–Kier alpha value is -1.33. The summed E-state index contributed by atoms with van der Waals surface area (Å²) in [5.41, 5.74) is 2.56. The lowest BCUT2D eigenvalue weighted by atomic mass is 10.1. The Bertz CT molecular complexity index is 483. The monoisotopic (exact) mass is 301 g/mol. The van der Waals surface area contributed by atoms with Gasteiger partial charge in [-0.05, 0) is 39.8 Å². The predicted octanol–water partition coefficient (Wildman–Crippen LogP) is 1.98. The summed E-state index contributed by atoms with van der Waals surface area (Å²) in [4.78, 5) is 26.6. The lowest BCUT2D eigenvalue weighted by molar-refractivity contribution is 0.0945. The third-order valence-electron chi connectivity index (χ3n) is 3.14. The fourth-order valence-corrected chi connectivity index (χ4v) is 2.26. The quantitative estimate of drug-likeness (QED) is 0.703. The summed E-state index contributed by atoms with van der Waals surface area (Å²) in [6.45, 7) is 10.6. The molecule has 1 heterocycles. The molecule has 0 saturated carbocycles. The van der Waals surface area contributed by atoms with E-state index in [2.05, 4.69) is 15.6 Å². The Labute approximate surface area is 126 Å². The van der Waals surface area contributed by atoms with Gasteiger partial charge in [-0.1, -0.05) is 6.92 Å². The molecule has 20 heavy (non-hydrogen) atoms. The van der Waals surface area contributed by atoms with E-state index in [4.69, 9.17) is 0 Å². The molecule has 114 valence electrons. The highest BCUT2D eigenvalue weighted by molar-refractivity contribution is 6.02. The highest BCUT2D eigenvalue weighted by atomic mass is 35.5. The molecule has 0 radical (unpaired) electrons. The largest absolute Gasteiger partial charge is 0.354 e. The van der Waals surface area contributed by atoms with Crippen molar-refractivity contribution < 1.29 is 9.59 Å². The number of H-pyrrole nitrogens is 1. The fourth-order valence-electron chi connectivity index (χ4n) is 2.26. The molecule has 0 saturated heterocycles. The first kappa shape index (κ1) is 18.7. The SMILES string of the molecule is CCN[C@H](C)CNC(=O)c1[nH]c(C)c(C(C)=O)c1C.Cl. The molecular formula is C14H24ClN3O2. The van der Waals surface area contributed by atoms with Gasteiger partial charge < -0.3 is 15.6 Å². The maximum Gasteiger partial charge on any atom is 0.268 e. The summed E-state index contributed by atoms with van der Waals surface area (Å²) in [6.07, 6.45) is 0. The molecule has 3 N–H and O–H groups in total. The number of hydrogen-bond donors (Lipinski definition) is 3. The first-order valence-corrected chi connectivity index (χ1v) is 6.60. The maximum absolute atomic E-state index is 12.1. The van der Waals surface area contributed by atoms with Gasteiger partial charge in [-0.25, -0.2) is 0 Å². The number of hydrogen-bond acceptors (Lipinski definition) is 3. The summed E-state index contributed by atoms with van der Waals surface area (Å²) < 4.78 is 0. The van der Waals surface area contributed by atoms with Gasteiger partial charge in [0.15, 0.2) is 5.78 Å². The molecule has 1 atom stereocenters. The number of ketones is 1. The highest BCUT2D eigenvalue weighted by Crippen LogP contribution is 2.18. The van der Waals surface area contributed by atoms with E-state index in [0.717, 1.165) is 17.8 Å². The van der Waals surface area contributed by atoms with Crippen LogP contribution in [0.3, 0.4) is 0 Å². The molecule has 6 heteroatoms. The van der Waals surface area contributed by atoms with Crippen LogP contribution in [-0.4, -0.2) is 35.8 Å². The third kappa shape index (κ3) is 4.35. The van der Waals surface area contributed by atoms with Gasteiger partial charge in [0.05, 0.1) is 0 Å². The Kier molecular flexibility index (Phi) is 7.53. The lowest BCUT2D eigenvalue weighted by Crippen LogP contribution is -2.39. The summed E-state index contributed by atoms with van der Waals surface area (Å²) in [7, 11) is 0. The minimum Gasteiger partial charge on any atom is -0.354 e. The Morgan fingerprint density at radius 3 is 2.35 bits per heavy atom. The standard InChI is InChI=1S/C14H23N3O2.ClH/c1-6-15-8(2)7-16-14(19)13-9(3)12(11(5)18)10(4)17-13;/h8,15,17H,6-7H2,1-5H3,(H,16,19);1H/t8-;/m1./s1. The number of aromatic nitrogens is 1. The second kappa shape index (κ2) is 8.07. The minimum absolute atomic E-state index is 0. The van der Waals surface area contributed by atoms with Gasteiger partial charge in [-0.3, -0.25) is 9.59 Å². The summed E-state index contributed by atoms with van der Waals surface area (Å²) in [5, 5.41) is 6.08.